The van der Waals surface area contributed by atoms with Crippen molar-refractivity contribution in [1.29, 1.82) is 0 Å². The summed E-state index contributed by atoms with van der Waals surface area (Å²) in [6.07, 6.45) is 2.59. The van der Waals surface area contributed by atoms with E-state index in [9.17, 15) is 9.18 Å². The maximum atomic E-state index is 13.4. The van der Waals surface area contributed by atoms with Crippen molar-refractivity contribution in [2.45, 2.75) is 26.3 Å². The van der Waals surface area contributed by atoms with Gasteiger partial charge in [0.25, 0.3) is 5.91 Å². The molecule has 1 amide bonds. The van der Waals surface area contributed by atoms with Gasteiger partial charge >= 0.3 is 0 Å². The van der Waals surface area contributed by atoms with E-state index < -0.39 is 0 Å². The third kappa shape index (κ3) is 5.95. The van der Waals surface area contributed by atoms with Gasteiger partial charge in [-0.3, -0.25) is 4.79 Å². The molecule has 0 radical (unpaired) electrons. The summed E-state index contributed by atoms with van der Waals surface area (Å²) in [4.78, 5) is 11.5. The number of carbonyl (C=O) groups excluding carboxylic acids is 1. The molecule has 21 heavy (non-hydrogen) atoms. The molecule has 0 spiro atoms. The molecular weight excluding hydrogens is 271 g/mol. The van der Waals surface area contributed by atoms with Crippen molar-refractivity contribution in [3.63, 3.8) is 0 Å². The van der Waals surface area contributed by atoms with Gasteiger partial charge in [-0.15, -0.1) is 6.58 Å². The quantitative estimate of drug-likeness (QED) is 0.688. The summed E-state index contributed by atoms with van der Waals surface area (Å²) in [6, 6.07) is 4.40. The predicted octanol–water partition coefficient (Wildman–Crippen LogP) is 2.57. The molecule has 1 aromatic carbocycles. The molecule has 1 rings (SSSR count). The molecule has 1 unspecified atom stereocenters. The molecule has 0 aromatic heterocycles. The predicted molar refractivity (Wildman–Crippen MR) is 81.8 cm³/mol. The zero-order valence-electron chi connectivity index (χ0n) is 12.6. The minimum atomic E-state index is -0.386. The van der Waals surface area contributed by atoms with Crippen LogP contribution in [0.3, 0.4) is 0 Å². The van der Waals surface area contributed by atoms with Crippen molar-refractivity contribution in [1.82, 2.24) is 10.6 Å². The van der Waals surface area contributed by atoms with Crippen LogP contribution in [-0.4, -0.2) is 25.6 Å². The first kappa shape index (κ1) is 17.2. The Morgan fingerprint density at radius 3 is 2.95 bits per heavy atom. The SMILES string of the molecule is C=CCNC(=O)COc1cc(F)ccc1C(C)NCCC. The number of carbonyl (C=O) groups is 1. The lowest BCUT2D eigenvalue weighted by atomic mass is 10.1. The van der Waals surface area contributed by atoms with Crippen LogP contribution in [0.15, 0.2) is 30.9 Å². The first-order valence-electron chi connectivity index (χ1n) is 7.11. The van der Waals surface area contributed by atoms with Crippen molar-refractivity contribution in [3.8, 4) is 5.75 Å². The van der Waals surface area contributed by atoms with Gasteiger partial charge in [0.2, 0.25) is 0 Å². The molecule has 0 fully saturated rings. The molecule has 0 heterocycles. The Kier molecular flexibility index (Phi) is 7.46. The fraction of sp³-hybridized carbons (Fsp3) is 0.438. The highest BCUT2D eigenvalue weighted by atomic mass is 19.1. The summed E-state index contributed by atoms with van der Waals surface area (Å²) >= 11 is 0. The van der Waals surface area contributed by atoms with Crippen molar-refractivity contribution in [3.05, 3.63) is 42.2 Å². The Labute approximate surface area is 125 Å². The van der Waals surface area contributed by atoms with Gasteiger partial charge in [-0.05, 0) is 26.0 Å². The van der Waals surface area contributed by atoms with Gasteiger partial charge in [0.1, 0.15) is 11.6 Å². The Balaban J connectivity index is 2.72. The second-order valence-corrected chi connectivity index (χ2v) is 4.74. The van der Waals surface area contributed by atoms with Gasteiger partial charge in [0.05, 0.1) is 0 Å². The number of ether oxygens (including phenoxy) is 1. The van der Waals surface area contributed by atoms with Gasteiger partial charge < -0.3 is 15.4 Å². The van der Waals surface area contributed by atoms with Crippen LogP contribution in [0.5, 0.6) is 5.75 Å². The first-order valence-corrected chi connectivity index (χ1v) is 7.11. The minimum absolute atomic E-state index is 0.0248. The van der Waals surface area contributed by atoms with Gasteiger partial charge in [0.15, 0.2) is 6.61 Å². The van der Waals surface area contributed by atoms with Crippen molar-refractivity contribution < 1.29 is 13.9 Å². The van der Waals surface area contributed by atoms with E-state index in [1.807, 2.05) is 6.92 Å². The lowest BCUT2D eigenvalue weighted by Crippen LogP contribution is -2.29. The fourth-order valence-corrected chi connectivity index (χ4v) is 1.84. The molecule has 0 aliphatic heterocycles. The van der Waals surface area contributed by atoms with E-state index in [0.29, 0.717) is 12.3 Å². The van der Waals surface area contributed by atoms with Crippen LogP contribution in [0, 0.1) is 5.82 Å². The highest BCUT2D eigenvalue weighted by Crippen LogP contribution is 2.26. The molecule has 5 heteroatoms. The molecule has 1 atom stereocenters. The summed E-state index contributed by atoms with van der Waals surface area (Å²) in [5, 5.41) is 5.92. The summed E-state index contributed by atoms with van der Waals surface area (Å²) in [7, 11) is 0. The van der Waals surface area contributed by atoms with Crippen LogP contribution < -0.4 is 15.4 Å². The van der Waals surface area contributed by atoms with Gasteiger partial charge in [-0.1, -0.05) is 19.1 Å². The Hall–Kier alpha value is -1.88. The van der Waals surface area contributed by atoms with Gasteiger partial charge in [0, 0.05) is 24.2 Å². The summed E-state index contributed by atoms with van der Waals surface area (Å²) in [5.41, 5.74) is 0.835. The zero-order chi connectivity index (χ0) is 15.7. The van der Waals surface area contributed by atoms with Crippen molar-refractivity contribution in [2.24, 2.45) is 0 Å². The molecule has 0 bridgehead atoms. The summed E-state index contributed by atoms with van der Waals surface area (Å²) < 4.78 is 18.8. The maximum absolute atomic E-state index is 13.4. The molecule has 0 aliphatic rings. The van der Waals surface area contributed by atoms with Gasteiger partial charge in [-0.25, -0.2) is 4.39 Å². The average Bonchev–Trinajstić information content (AvgIpc) is 2.48. The van der Waals surface area contributed by atoms with E-state index in [4.69, 9.17) is 4.74 Å². The highest BCUT2D eigenvalue weighted by molar-refractivity contribution is 5.77. The molecule has 116 valence electrons. The highest BCUT2D eigenvalue weighted by Gasteiger charge is 2.13. The lowest BCUT2D eigenvalue weighted by molar-refractivity contribution is -0.122. The standard InChI is InChI=1S/C16H23FN2O2/c1-4-8-18-12(3)14-7-6-13(17)10-15(14)21-11-16(20)19-9-5-2/h5-7,10,12,18H,2,4,8-9,11H2,1,3H3,(H,19,20). The molecule has 0 saturated heterocycles. The van der Waals surface area contributed by atoms with E-state index in [1.54, 1.807) is 12.1 Å². The van der Waals surface area contributed by atoms with E-state index >= 15 is 0 Å². The lowest BCUT2D eigenvalue weighted by Gasteiger charge is -2.18. The van der Waals surface area contributed by atoms with Crippen LogP contribution in [0.1, 0.15) is 31.9 Å². The molecule has 1 aromatic rings. The van der Waals surface area contributed by atoms with Crippen LogP contribution >= 0.6 is 0 Å². The Morgan fingerprint density at radius 1 is 1.52 bits per heavy atom. The largest absolute Gasteiger partial charge is 0.483 e. The van der Waals surface area contributed by atoms with Crippen LogP contribution in [0.25, 0.3) is 0 Å². The van der Waals surface area contributed by atoms with Gasteiger partial charge in [-0.2, -0.15) is 0 Å². The number of hydrogen-bond donors (Lipinski definition) is 2. The third-order valence-electron chi connectivity index (χ3n) is 2.94. The van der Waals surface area contributed by atoms with E-state index in [2.05, 4.69) is 24.1 Å². The monoisotopic (exact) mass is 294 g/mol. The number of nitrogens with one attached hydrogen (secondary N) is 2. The summed E-state index contributed by atoms with van der Waals surface area (Å²) in [5.74, 6) is -0.262. The van der Waals surface area contributed by atoms with E-state index in [-0.39, 0.29) is 24.4 Å². The topological polar surface area (TPSA) is 50.4 Å². The normalized spacial score (nSPS) is 11.8. The summed E-state index contributed by atoms with van der Waals surface area (Å²) in [6.45, 7) is 8.66. The number of hydrogen-bond acceptors (Lipinski definition) is 3. The molecule has 0 saturated carbocycles. The second-order valence-electron chi connectivity index (χ2n) is 4.74. The van der Waals surface area contributed by atoms with E-state index in [0.717, 1.165) is 18.5 Å². The van der Waals surface area contributed by atoms with Crippen molar-refractivity contribution >= 4 is 5.91 Å². The van der Waals surface area contributed by atoms with Crippen LogP contribution in [-0.2, 0) is 4.79 Å². The van der Waals surface area contributed by atoms with Crippen molar-refractivity contribution in [2.75, 3.05) is 19.7 Å². The van der Waals surface area contributed by atoms with Crippen LogP contribution in [0.2, 0.25) is 0 Å². The second kappa shape index (κ2) is 9.13. The average molecular weight is 294 g/mol. The molecule has 0 aliphatic carbocycles. The smallest absolute Gasteiger partial charge is 0.258 e. The number of amides is 1. The number of rotatable bonds is 9. The fourth-order valence-electron chi connectivity index (χ4n) is 1.84. The Morgan fingerprint density at radius 2 is 2.29 bits per heavy atom. The number of halogens is 1. The third-order valence-corrected chi connectivity index (χ3v) is 2.94. The number of benzene rings is 1. The molecule has 4 nitrogen and oxygen atoms in total. The minimum Gasteiger partial charge on any atom is -0.483 e. The van der Waals surface area contributed by atoms with Crippen LogP contribution in [0.4, 0.5) is 4.39 Å². The molecular formula is C16H23FN2O2. The first-order chi connectivity index (χ1) is 10.1. The van der Waals surface area contributed by atoms with E-state index in [1.165, 1.54) is 12.1 Å². The Bertz CT molecular complexity index is 477. The maximum Gasteiger partial charge on any atom is 0.258 e. The molecule has 2 N–H and O–H groups in total. The zero-order valence-corrected chi connectivity index (χ0v) is 12.6.